The number of hydrogen-bond donors (Lipinski definition) is 0. The van der Waals surface area contributed by atoms with Crippen LogP contribution in [0.4, 0.5) is 19.0 Å². The molecule has 0 saturated carbocycles. The number of hydrogen-bond acceptors (Lipinski definition) is 5. The van der Waals surface area contributed by atoms with Crippen LogP contribution in [0.2, 0.25) is 5.02 Å². The quantitative estimate of drug-likeness (QED) is 0.443. The van der Waals surface area contributed by atoms with Crippen LogP contribution in [0, 0.1) is 13.8 Å². The van der Waals surface area contributed by atoms with E-state index >= 15 is 0 Å². The molecular formula is C25H26ClF3N4O2S. The summed E-state index contributed by atoms with van der Waals surface area (Å²) in [7, 11) is -4.09. The zero-order valence-corrected chi connectivity index (χ0v) is 21.5. The second kappa shape index (κ2) is 10.4. The number of nitrogens with zero attached hydrogens (tertiary/aromatic N) is 4. The number of halogens is 4. The molecule has 0 radical (unpaired) electrons. The van der Waals surface area contributed by atoms with E-state index in [-0.39, 0.29) is 18.0 Å². The topological polar surface area (TPSA) is 66.4 Å². The molecule has 0 atom stereocenters. The van der Waals surface area contributed by atoms with Crippen molar-refractivity contribution in [3.05, 3.63) is 81.8 Å². The molecule has 1 saturated heterocycles. The molecule has 0 amide bonds. The van der Waals surface area contributed by atoms with Crippen LogP contribution >= 0.6 is 11.6 Å². The molecule has 1 fully saturated rings. The van der Waals surface area contributed by atoms with Gasteiger partial charge in [-0.05, 0) is 56.2 Å². The Labute approximate surface area is 213 Å². The number of anilines is 1. The molecule has 11 heteroatoms. The molecule has 0 bridgehead atoms. The summed E-state index contributed by atoms with van der Waals surface area (Å²) in [6.07, 6.45) is -3.54. The normalized spacial score (nSPS) is 15.7. The summed E-state index contributed by atoms with van der Waals surface area (Å²) in [6.45, 7) is 4.96. The maximum Gasteiger partial charge on any atom is 0.416 e. The van der Waals surface area contributed by atoms with E-state index in [2.05, 4.69) is 4.98 Å². The molecule has 3 aromatic rings. The summed E-state index contributed by atoms with van der Waals surface area (Å²) < 4.78 is 67.1. The Morgan fingerprint density at radius 1 is 0.972 bits per heavy atom. The van der Waals surface area contributed by atoms with Crippen molar-refractivity contribution < 1.29 is 21.6 Å². The number of alkyl halides is 3. The predicted molar refractivity (Wildman–Crippen MR) is 133 cm³/mol. The second-order valence-corrected chi connectivity index (χ2v) is 11.1. The third kappa shape index (κ3) is 5.82. The Hall–Kier alpha value is -2.69. The fourth-order valence-electron chi connectivity index (χ4n) is 4.32. The molecule has 192 valence electrons. The van der Waals surface area contributed by atoms with Crippen molar-refractivity contribution in [1.29, 1.82) is 0 Å². The van der Waals surface area contributed by atoms with E-state index in [0.29, 0.717) is 42.8 Å². The van der Waals surface area contributed by atoms with Gasteiger partial charge >= 0.3 is 6.18 Å². The maximum absolute atomic E-state index is 13.2. The summed E-state index contributed by atoms with van der Waals surface area (Å²) >= 11 is 6.02. The molecule has 1 aliphatic heterocycles. The zero-order valence-electron chi connectivity index (χ0n) is 19.9. The van der Waals surface area contributed by atoms with Crippen molar-refractivity contribution in [2.75, 3.05) is 31.1 Å². The van der Waals surface area contributed by atoms with E-state index in [4.69, 9.17) is 16.6 Å². The van der Waals surface area contributed by atoms with Gasteiger partial charge in [0, 0.05) is 48.9 Å². The van der Waals surface area contributed by atoms with Crippen LogP contribution in [0.1, 0.15) is 34.6 Å². The van der Waals surface area contributed by atoms with Gasteiger partial charge in [0.15, 0.2) is 0 Å². The van der Waals surface area contributed by atoms with E-state index in [1.807, 2.05) is 43.0 Å². The van der Waals surface area contributed by atoms with Crippen LogP contribution in [0.15, 0.2) is 53.4 Å². The van der Waals surface area contributed by atoms with Crippen LogP contribution in [0.25, 0.3) is 0 Å². The highest BCUT2D eigenvalue weighted by Gasteiger charge is 2.34. The SMILES string of the molecule is Cc1nc(C)c(Cc2ccc(Cl)cc2)c(N2CCCN(S(=O)(=O)c3cccc(C(F)(F)F)c3)CC2)n1. The van der Waals surface area contributed by atoms with Gasteiger partial charge < -0.3 is 4.90 Å². The lowest BCUT2D eigenvalue weighted by molar-refractivity contribution is -0.137. The number of rotatable bonds is 5. The lowest BCUT2D eigenvalue weighted by Crippen LogP contribution is -2.36. The summed E-state index contributed by atoms with van der Waals surface area (Å²) in [6, 6.07) is 11.4. The first kappa shape index (κ1) is 26.4. The van der Waals surface area contributed by atoms with E-state index in [0.717, 1.165) is 34.8 Å². The first-order valence-electron chi connectivity index (χ1n) is 11.5. The molecule has 1 aliphatic rings. The van der Waals surface area contributed by atoms with Gasteiger partial charge in [-0.3, -0.25) is 0 Å². The van der Waals surface area contributed by atoms with Crippen LogP contribution in [0.3, 0.4) is 0 Å². The monoisotopic (exact) mass is 538 g/mol. The van der Waals surface area contributed by atoms with Crippen LogP contribution in [0.5, 0.6) is 0 Å². The summed E-state index contributed by atoms with van der Waals surface area (Å²) in [5.41, 5.74) is 1.83. The van der Waals surface area contributed by atoms with E-state index < -0.39 is 21.8 Å². The zero-order chi connectivity index (χ0) is 26.1. The molecule has 0 unspecified atom stereocenters. The van der Waals surface area contributed by atoms with E-state index in [1.54, 1.807) is 0 Å². The van der Waals surface area contributed by atoms with Gasteiger partial charge in [0.1, 0.15) is 11.6 Å². The molecule has 0 spiro atoms. The van der Waals surface area contributed by atoms with Crippen molar-refractivity contribution in [2.24, 2.45) is 0 Å². The molecule has 1 aromatic heterocycles. The Morgan fingerprint density at radius 3 is 2.39 bits per heavy atom. The Balaban J connectivity index is 1.59. The van der Waals surface area contributed by atoms with Gasteiger partial charge in [0.2, 0.25) is 10.0 Å². The third-order valence-electron chi connectivity index (χ3n) is 6.15. The van der Waals surface area contributed by atoms with E-state index in [1.165, 1.54) is 10.4 Å². The smallest absolute Gasteiger partial charge is 0.355 e. The van der Waals surface area contributed by atoms with Crippen LogP contribution in [-0.4, -0.2) is 48.9 Å². The molecule has 36 heavy (non-hydrogen) atoms. The molecule has 6 nitrogen and oxygen atoms in total. The fourth-order valence-corrected chi connectivity index (χ4v) is 5.96. The summed E-state index contributed by atoms with van der Waals surface area (Å²) in [5, 5.41) is 0.644. The highest BCUT2D eigenvalue weighted by atomic mass is 35.5. The highest BCUT2D eigenvalue weighted by Crippen LogP contribution is 2.32. The molecule has 0 aliphatic carbocycles. The minimum atomic E-state index is -4.62. The second-order valence-electron chi connectivity index (χ2n) is 8.73. The van der Waals surface area contributed by atoms with Crippen molar-refractivity contribution in [1.82, 2.24) is 14.3 Å². The number of benzene rings is 2. The third-order valence-corrected chi connectivity index (χ3v) is 8.30. The first-order valence-corrected chi connectivity index (χ1v) is 13.3. The Bertz CT molecular complexity index is 1350. The average molecular weight is 539 g/mol. The number of aromatic nitrogens is 2. The summed E-state index contributed by atoms with van der Waals surface area (Å²) in [4.78, 5) is 10.9. The van der Waals surface area contributed by atoms with Gasteiger partial charge in [0.05, 0.1) is 10.5 Å². The van der Waals surface area contributed by atoms with Crippen molar-refractivity contribution in [3.63, 3.8) is 0 Å². The van der Waals surface area contributed by atoms with Crippen molar-refractivity contribution >= 4 is 27.4 Å². The molecular weight excluding hydrogens is 513 g/mol. The van der Waals surface area contributed by atoms with Gasteiger partial charge in [-0.15, -0.1) is 0 Å². The van der Waals surface area contributed by atoms with Gasteiger partial charge in [0.25, 0.3) is 0 Å². The standard InChI is InChI=1S/C25H26ClF3N4O2S/c1-17-23(15-19-7-9-21(26)10-8-19)24(31-18(2)30-17)32-11-4-12-33(14-13-32)36(34,35)22-6-3-5-20(16-22)25(27,28)29/h3,5-10,16H,4,11-15H2,1-2H3. The van der Waals surface area contributed by atoms with Crippen LogP contribution in [-0.2, 0) is 22.6 Å². The highest BCUT2D eigenvalue weighted by molar-refractivity contribution is 7.89. The lowest BCUT2D eigenvalue weighted by Gasteiger charge is -2.26. The summed E-state index contributed by atoms with van der Waals surface area (Å²) in [5.74, 6) is 1.35. The Morgan fingerprint density at radius 2 is 1.69 bits per heavy atom. The molecule has 0 N–H and O–H groups in total. The minimum Gasteiger partial charge on any atom is -0.355 e. The first-order chi connectivity index (χ1) is 16.9. The largest absolute Gasteiger partial charge is 0.416 e. The van der Waals surface area contributed by atoms with Crippen molar-refractivity contribution in [2.45, 2.75) is 37.8 Å². The maximum atomic E-state index is 13.2. The average Bonchev–Trinajstić information content (AvgIpc) is 3.08. The van der Waals surface area contributed by atoms with Crippen molar-refractivity contribution in [3.8, 4) is 0 Å². The minimum absolute atomic E-state index is 0.126. The van der Waals surface area contributed by atoms with Gasteiger partial charge in [-0.25, -0.2) is 18.4 Å². The van der Waals surface area contributed by atoms with Gasteiger partial charge in [-0.2, -0.15) is 17.5 Å². The van der Waals surface area contributed by atoms with Crippen LogP contribution < -0.4 is 4.90 Å². The number of aryl methyl sites for hydroxylation is 2. The fraction of sp³-hybridized carbons (Fsp3) is 0.360. The molecule has 2 heterocycles. The number of sulfonamides is 1. The molecule has 4 rings (SSSR count). The van der Waals surface area contributed by atoms with E-state index in [9.17, 15) is 21.6 Å². The predicted octanol–water partition coefficient (Wildman–Crippen LogP) is 5.26. The van der Waals surface area contributed by atoms with Gasteiger partial charge in [-0.1, -0.05) is 29.8 Å². The molecule has 2 aromatic carbocycles. The Kier molecular flexibility index (Phi) is 7.59. The lowest BCUT2D eigenvalue weighted by atomic mass is 10.0.